The quantitative estimate of drug-likeness (QED) is 0.116. The van der Waals surface area contributed by atoms with Crippen LogP contribution in [0.4, 0.5) is 0 Å². The van der Waals surface area contributed by atoms with Crippen LogP contribution in [-0.4, -0.2) is 22.6 Å². The number of fused-ring (bicyclic) bond motifs is 2. The van der Waals surface area contributed by atoms with Gasteiger partial charge >= 0.3 is 25.8 Å². The van der Waals surface area contributed by atoms with Gasteiger partial charge in [-0.2, -0.15) is 12.1 Å². The molecule has 252 valence electrons. The minimum Gasteiger partial charge on any atom is -1.00 e. The van der Waals surface area contributed by atoms with E-state index in [1.807, 2.05) is 0 Å². The van der Waals surface area contributed by atoms with E-state index in [0.29, 0.717) is 0 Å². The zero-order chi connectivity index (χ0) is 29.6. The standard InChI is InChI=1S/2C21H28P.2ClH.Hf/c2*1-3-11-19(12-4-1)22(20-13-5-2-6-14-20)21-15-17-9-7-8-10-18(17)16-21;;;/h2*7-10,15-16,19-20H,1-6,11-14H2;2*1H;/q2*-1;;;+4/p-2. The van der Waals surface area contributed by atoms with Gasteiger partial charge in [0, 0.05) is 0 Å². The summed E-state index contributed by atoms with van der Waals surface area (Å²) >= 11 is 0. The summed E-state index contributed by atoms with van der Waals surface area (Å²) in [6.07, 6.45) is 29.8. The molecule has 0 radical (unpaired) electrons. The summed E-state index contributed by atoms with van der Waals surface area (Å²) in [7, 11) is 0.122. The molecule has 0 bridgehead atoms. The second-order valence-electron chi connectivity index (χ2n) is 14.7. The molecule has 4 saturated carbocycles. The van der Waals surface area contributed by atoms with Crippen LogP contribution in [-0.2, 0) is 25.8 Å². The first-order valence-corrected chi connectivity index (χ1v) is 21.7. The van der Waals surface area contributed by atoms with Crippen LogP contribution in [0, 0.1) is 0 Å². The Morgan fingerprint density at radius 3 is 0.957 bits per heavy atom. The van der Waals surface area contributed by atoms with Crippen molar-refractivity contribution < 1.29 is 50.7 Å². The van der Waals surface area contributed by atoms with E-state index in [2.05, 4.69) is 72.8 Å². The summed E-state index contributed by atoms with van der Waals surface area (Å²) in [5.74, 6) is 0. The fraction of sp³-hybridized carbons (Fsp3) is 0.571. The van der Waals surface area contributed by atoms with Crippen molar-refractivity contribution in [2.45, 2.75) is 151 Å². The van der Waals surface area contributed by atoms with Crippen molar-refractivity contribution in [3.8, 4) is 0 Å². The van der Waals surface area contributed by atoms with Crippen LogP contribution in [0.3, 0.4) is 0 Å². The average Bonchev–Trinajstić information content (AvgIpc) is 3.72. The zero-order valence-electron chi connectivity index (χ0n) is 28.5. The topological polar surface area (TPSA) is 0 Å². The van der Waals surface area contributed by atoms with Gasteiger partial charge in [0.05, 0.1) is 0 Å². The molecule has 0 atom stereocenters. The Kier molecular flexibility index (Phi) is 17.0. The molecule has 4 fully saturated rings. The molecule has 0 N–H and O–H groups in total. The Labute approximate surface area is 320 Å². The first-order chi connectivity index (χ1) is 21.8. The number of halogens is 2. The van der Waals surface area contributed by atoms with Gasteiger partial charge in [0.1, 0.15) is 0 Å². The van der Waals surface area contributed by atoms with Crippen LogP contribution in [0.5, 0.6) is 0 Å². The second kappa shape index (κ2) is 20.1. The number of hydrogen-bond donors (Lipinski definition) is 0. The smallest absolute Gasteiger partial charge is 1.00 e. The van der Waals surface area contributed by atoms with E-state index >= 15 is 0 Å². The van der Waals surface area contributed by atoms with E-state index in [-0.39, 0.29) is 66.5 Å². The molecule has 4 aliphatic rings. The largest absolute Gasteiger partial charge is 4.00 e. The van der Waals surface area contributed by atoms with E-state index in [4.69, 9.17) is 0 Å². The Hall–Kier alpha value is -0.0299. The number of hydrogen-bond acceptors (Lipinski definition) is 0. The normalized spacial score (nSPS) is 20.3. The molecule has 4 aromatic rings. The predicted molar refractivity (Wildman–Crippen MR) is 200 cm³/mol. The Morgan fingerprint density at radius 1 is 0.404 bits per heavy atom. The van der Waals surface area contributed by atoms with Crippen molar-refractivity contribution >= 4 is 48.0 Å². The molecule has 0 aromatic heterocycles. The SMILES string of the molecule is [Cl-].[Cl-].[Hf+4].c1ccc2[cH-]c(P(C3CCCCC3)C3CCCCC3)cc2c1.c1ccc2[cH-]c(P(C3CCCCC3)C3CCCCC3)cc2c1. The van der Waals surface area contributed by atoms with E-state index in [9.17, 15) is 0 Å². The van der Waals surface area contributed by atoms with Crippen molar-refractivity contribution in [2.24, 2.45) is 0 Å². The number of benzene rings is 2. The molecule has 5 heteroatoms. The maximum Gasteiger partial charge on any atom is 4.00 e. The van der Waals surface area contributed by atoms with Crippen LogP contribution in [0.15, 0.2) is 72.8 Å². The maximum absolute atomic E-state index is 2.55. The third-order valence-corrected chi connectivity index (χ3v) is 18.6. The van der Waals surface area contributed by atoms with Gasteiger partial charge in [-0.25, -0.2) is 0 Å². The summed E-state index contributed by atoms with van der Waals surface area (Å²) in [5.41, 5.74) is 4.07. The average molecular weight is 872 g/mol. The van der Waals surface area contributed by atoms with Gasteiger partial charge in [0.25, 0.3) is 0 Å². The molecule has 0 aliphatic heterocycles. The fourth-order valence-electron chi connectivity index (χ4n) is 9.44. The molecular formula is C42H56Cl2HfP2. The van der Waals surface area contributed by atoms with Crippen LogP contribution in [0.25, 0.3) is 21.5 Å². The summed E-state index contributed by atoms with van der Waals surface area (Å²) in [6.45, 7) is 0. The van der Waals surface area contributed by atoms with E-state index in [1.54, 1.807) is 10.6 Å². The van der Waals surface area contributed by atoms with E-state index in [1.165, 1.54) is 150 Å². The van der Waals surface area contributed by atoms with Gasteiger partial charge in [0.2, 0.25) is 0 Å². The summed E-state index contributed by atoms with van der Waals surface area (Å²) < 4.78 is 0. The Morgan fingerprint density at radius 2 is 0.681 bits per heavy atom. The second-order valence-corrected chi connectivity index (χ2v) is 20.2. The molecule has 4 aliphatic carbocycles. The molecule has 0 spiro atoms. The first-order valence-electron chi connectivity index (χ1n) is 18.7. The van der Waals surface area contributed by atoms with Crippen LogP contribution in [0.2, 0.25) is 0 Å². The summed E-state index contributed by atoms with van der Waals surface area (Å²) in [6, 6.07) is 28.1. The summed E-state index contributed by atoms with van der Waals surface area (Å²) in [4.78, 5) is 0. The molecule has 0 unspecified atom stereocenters. The van der Waals surface area contributed by atoms with E-state index < -0.39 is 0 Å². The van der Waals surface area contributed by atoms with Gasteiger partial charge in [-0.05, 0) is 74.0 Å². The third-order valence-electron chi connectivity index (χ3n) is 11.7. The van der Waals surface area contributed by atoms with Crippen molar-refractivity contribution in [1.29, 1.82) is 0 Å². The van der Waals surface area contributed by atoms with Crippen molar-refractivity contribution in [3.63, 3.8) is 0 Å². The van der Waals surface area contributed by atoms with Crippen molar-refractivity contribution in [3.05, 3.63) is 72.8 Å². The molecule has 47 heavy (non-hydrogen) atoms. The molecule has 0 heterocycles. The zero-order valence-corrected chi connectivity index (χ0v) is 35.4. The van der Waals surface area contributed by atoms with Crippen LogP contribution >= 0.6 is 15.8 Å². The summed E-state index contributed by atoms with van der Waals surface area (Å²) in [5, 5.41) is 9.34. The van der Waals surface area contributed by atoms with Gasteiger partial charge in [-0.3, -0.25) is 0 Å². The minimum absolute atomic E-state index is 0. The van der Waals surface area contributed by atoms with Crippen LogP contribution in [0.1, 0.15) is 128 Å². The predicted octanol–water partition coefficient (Wildman–Crippen LogP) is 6.67. The maximum atomic E-state index is 2.55. The molecule has 0 saturated heterocycles. The van der Waals surface area contributed by atoms with E-state index in [0.717, 1.165) is 22.6 Å². The fourth-order valence-corrected chi connectivity index (χ4v) is 17.2. The monoisotopic (exact) mass is 872 g/mol. The minimum atomic E-state index is 0. The molecule has 0 amide bonds. The van der Waals surface area contributed by atoms with Gasteiger partial charge in [-0.15, -0.1) is 80.7 Å². The molecule has 0 nitrogen and oxygen atoms in total. The van der Waals surface area contributed by atoms with Gasteiger partial charge < -0.3 is 24.8 Å². The third kappa shape index (κ3) is 10.1. The Bertz CT molecular complexity index is 1230. The van der Waals surface area contributed by atoms with Crippen LogP contribution < -0.4 is 35.4 Å². The van der Waals surface area contributed by atoms with Gasteiger partial charge in [0.15, 0.2) is 0 Å². The molecule has 4 aromatic carbocycles. The molecular weight excluding hydrogens is 816 g/mol. The Balaban J connectivity index is 0.000000200. The first kappa shape index (κ1) is 39.8. The van der Waals surface area contributed by atoms with Crippen molar-refractivity contribution in [2.75, 3.05) is 0 Å². The van der Waals surface area contributed by atoms with Gasteiger partial charge in [-0.1, -0.05) is 105 Å². The number of rotatable bonds is 6. The van der Waals surface area contributed by atoms with Crippen molar-refractivity contribution in [1.82, 2.24) is 0 Å². The molecule has 8 rings (SSSR count).